The molecule has 16 nitrogen and oxygen atoms in total. The van der Waals surface area contributed by atoms with E-state index < -0.39 is 54.2 Å². The Labute approximate surface area is 346 Å². The van der Waals surface area contributed by atoms with Gasteiger partial charge in [0.2, 0.25) is 5.91 Å². The molecule has 1 aromatic heterocycles. The molecule has 8 atom stereocenters. The maximum atomic E-state index is 13.5. The number of nitrogens with zero attached hydrogens (tertiary/aromatic N) is 4. The Bertz CT molecular complexity index is 2290. The van der Waals surface area contributed by atoms with E-state index in [1.165, 1.54) is 6.07 Å². The summed E-state index contributed by atoms with van der Waals surface area (Å²) in [7, 11) is 0. The molecule has 1 amide bonds. The molecule has 6 aliphatic heterocycles. The van der Waals surface area contributed by atoms with Crippen molar-refractivity contribution in [2.75, 3.05) is 37.7 Å². The van der Waals surface area contributed by atoms with Crippen molar-refractivity contribution in [3.05, 3.63) is 82.3 Å². The van der Waals surface area contributed by atoms with Crippen molar-refractivity contribution >= 4 is 34.0 Å². The standard InChI is InChI=1S/C44H53N5O11/c1-25-16-33(51)29-17-27-18-36(60-57-23-35(53)44(56,40(54)34(52)22-50)24-48-15-9-30-32(48)8-14-45-30)42(2,12-6-28-19-47-41(55)43(28)10-4-3-5-11-43)59-38(27)37(39(29)58-25)49-20-26-7-13-46-31(26)21-49/h7-9,13-17,20,28,32,34-36,40,50,52-54,56H,3-6,10-12,18-19,21-24H2,1-2H3,(H,47,55). The highest BCUT2D eigenvalue weighted by atomic mass is 17.2. The van der Waals surface area contributed by atoms with Crippen LogP contribution in [0, 0.1) is 18.3 Å². The number of aliphatic hydroxyl groups is 5. The zero-order valence-corrected chi connectivity index (χ0v) is 33.8. The second-order valence-corrected chi connectivity index (χ2v) is 17.6. The van der Waals surface area contributed by atoms with E-state index in [2.05, 4.69) is 15.3 Å². The number of fused-ring (bicyclic) bond motifs is 4. The van der Waals surface area contributed by atoms with Crippen molar-refractivity contribution < 1.29 is 49.3 Å². The molecule has 60 heavy (non-hydrogen) atoms. The van der Waals surface area contributed by atoms with Crippen molar-refractivity contribution in [2.45, 2.75) is 107 Å². The molecule has 1 spiro atoms. The second-order valence-electron chi connectivity index (χ2n) is 17.6. The van der Waals surface area contributed by atoms with Gasteiger partial charge in [0, 0.05) is 55.0 Å². The predicted octanol–water partition coefficient (Wildman–Crippen LogP) is 2.23. The minimum absolute atomic E-state index is 0.0640. The van der Waals surface area contributed by atoms with Gasteiger partial charge in [0.15, 0.2) is 16.8 Å². The number of aryl methyl sites for hydroxylation is 1. The SMILES string of the molecule is Cc1cc(=O)c2cc3c(c(N4C=C5C=CN=C5C4)c2o1)OC(C)(CCC1CNC(=O)C12CCCCC2)C(OOCC(O)C(O)(CN1C=CC2=NC=CC21)C(O)C(O)CO)C3. The van der Waals surface area contributed by atoms with Gasteiger partial charge >= 0.3 is 0 Å². The van der Waals surface area contributed by atoms with Gasteiger partial charge in [-0.1, -0.05) is 19.3 Å². The van der Waals surface area contributed by atoms with E-state index in [0.29, 0.717) is 65.4 Å². The van der Waals surface area contributed by atoms with Crippen LogP contribution in [-0.2, 0) is 21.0 Å². The Morgan fingerprint density at radius 1 is 1.10 bits per heavy atom. The van der Waals surface area contributed by atoms with Crippen LogP contribution in [0.25, 0.3) is 11.0 Å². The van der Waals surface area contributed by atoms with E-state index in [1.807, 2.05) is 24.1 Å². The van der Waals surface area contributed by atoms with Gasteiger partial charge in [0.1, 0.15) is 53.7 Å². The molecule has 2 fully saturated rings. The van der Waals surface area contributed by atoms with E-state index >= 15 is 0 Å². The fraction of sp³-hybridized carbons (Fsp3) is 0.545. The molecule has 1 saturated carbocycles. The first-order chi connectivity index (χ1) is 28.8. The Kier molecular flexibility index (Phi) is 10.6. The molecule has 6 N–H and O–H groups in total. The third kappa shape index (κ3) is 6.91. The van der Waals surface area contributed by atoms with E-state index in [-0.39, 0.29) is 36.3 Å². The zero-order valence-electron chi connectivity index (χ0n) is 33.8. The summed E-state index contributed by atoms with van der Waals surface area (Å²) < 4.78 is 13.4. The number of aliphatic imine (C=N–C) groups is 2. The fourth-order valence-corrected chi connectivity index (χ4v) is 10.3. The molecule has 7 aliphatic rings. The number of allylic oxidation sites excluding steroid dienone is 1. The fourth-order valence-electron chi connectivity index (χ4n) is 10.3. The number of carbonyl (C=O) groups excluding carboxylic acids is 1. The Balaban J connectivity index is 1.03. The topological polar surface area (TPSA) is 219 Å². The number of β-amino-alcohol motifs (C(OH)–C–C–N with tert-alkyl or cyclic N) is 1. The minimum Gasteiger partial charge on any atom is -0.482 e. The Morgan fingerprint density at radius 3 is 2.70 bits per heavy atom. The molecule has 2 aromatic rings. The number of rotatable bonds is 14. The highest BCUT2D eigenvalue weighted by molar-refractivity contribution is 6.12. The van der Waals surface area contributed by atoms with Crippen LogP contribution in [0.3, 0.4) is 0 Å². The first-order valence-corrected chi connectivity index (χ1v) is 21.0. The molecule has 1 aliphatic carbocycles. The summed E-state index contributed by atoms with van der Waals surface area (Å²) in [5.74, 6) is 1.14. The van der Waals surface area contributed by atoms with Crippen LogP contribution in [0.4, 0.5) is 5.69 Å². The molecule has 1 aromatic carbocycles. The normalized spacial score (nSPS) is 28.6. The molecule has 320 valence electrons. The van der Waals surface area contributed by atoms with Gasteiger partial charge in [0.05, 0.1) is 48.0 Å². The second kappa shape index (κ2) is 15.7. The molecule has 8 unspecified atom stereocenters. The predicted molar refractivity (Wildman–Crippen MR) is 220 cm³/mol. The van der Waals surface area contributed by atoms with Crippen LogP contribution in [-0.4, -0.2) is 122 Å². The molecular formula is C44H53N5O11. The lowest BCUT2D eigenvalue weighted by atomic mass is 9.65. The number of anilines is 1. The number of hydrogen-bond acceptors (Lipinski definition) is 15. The Morgan fingerprint density at radius 2 is 1.92 bits per heavy atom. The van der Waals surface area contributed by atoms with Crippen molar-refractivity contribution in [1.82, 2.24) is 10.2 Å². The first-order valence-electron chi connectivity index (χ1n) is 21.0. The van der Waals surface area contributed by atoms with Gasteiger partial charge in [-0.2, -0.15) is 0 Å². The summed E-state index contributed by atoms with van der Waals surface area (Å²) in [6.07, 6.45) is 12.1. The molecule has 0 bridgehead atoms. The number of amides is 1. The third-order valence-electron chi connectivity index (χ3n) is 13.8. The Hall–Kier alpha value is -4.68. The van der Waals surface area contributed by atoms with Gasteiger partial charge in [-0.3, -0.25) is 19.6 Å². The lowest BCUT2D eigenvalue weighted by molar-refractivity contribution is -0.365. The van der Waals surface area contributed by atoms with E-state index in [9.17, 15) is 35.1 Å². The average molecular weight is 828 g/mol. The van der Waals surface area contributed by atoms with Crippen LogP contribution >= 0.6 is 0 Å². The number of aliphatic hydroxyl groups excluding tert-OH is 4. The maximum absolute atomic E-state index is 13.5. The van der Waals surface area contributed by atoms with Crippen molar-refractivity contribution in [3.8, 4) is 5.75 Å². The van der Waals surface area contributed by atoms with Crippen LogP contribution in [0.2, 0.25) is 0 Å². The molecule has 9 rings (SSSR count). The van der Waals surface area contributed by atoms with Crippen LogP contribution in [0.5, 0.6) is 5.75 Å². The van der Waals surface area contributed by atoms with Crippen LogP contribution in [0.1, 0.15) is 63.2 Å². The summed E-state index contributed by atoms with van der Waals surface area (Å²) in [5, 5.41) is 58.3. The molecule has 0 radical (unpaired) electrons. The highest BCUT2D eigenvalue weighted by Crippen LogP contribution is 2.51. The number of nitrogens with one attached hydrogen (secondary N) is 1. The molecule has 1 saturated heterocycles. The van der Waals surface area contributed by atoms with E-state index in [1.54, 1.807) is 48.6 Å². The van der Waals surface area contributed by atoms with Crippen LogP contribution < -0.4 is 20.4 Å². The number of hydrogen-bond donors (Lipinski definition) is 6. The zero-order chi connectivity index (χ0) is 42.0. The third-order valence-corrected chi connectivity index (χ3v) is 13.8. The van der Waals surface area contributed by atoms with Crippen molar-refractivity contribution in [3.63, 3.8) is 0 Å². The summed E-state index contributed by atoms with van der Waals surface area (Å²) in [6, 6.07) is 2.86. The highest BCUT2D eigenvalue weighted by Gasteiger charge is 2.53. The smallest absolute Gasteiger partial charge is 0.226 e. The summed E-state index contributed by atoms with van der Waals surface area (Å²) in [6.45, 7) is 2.80. The molecular weight excluding hydrogens is 775 g/mol. The summed E-state index contributed by atoms with van der Waals surface area (Å²) in [5.41, 5.74) is 0.0196. The average Bonchev–Trinajstić information content (AvgIpc) is 4.07. The van der Waals surface area contributed by atoms with Gasteiger partial charge < -0.3 is 49.8 Å². The molecule has 7 heterocycles. The van der Waals surface area contributed by atoms with E-state index in [0.717, 1.165) is 43.4 Å². The lowest BCUT2D eigenvalue weighted by Crippen LogP contribution is -2.64. The van der Waals surface area contributed by atoms with Crippen LogP contribution in [0.15, 0.2) is 79.9 Å². The maximum Gasteiger partial charge on any atom is 0.226 e. The van der Waals surface area contributed by atoms with E-state index in [4.69, 9.17) is 18.9 Å². The number of ether oxygens (including phenoxy) is 1. The largest absolute Gasteiger partial charge is 0.482 e. The monoisotopic (exact) mass is 827 g/mol. The van der Waals surface area contributed by atoms with Crippen molar-refractivity contribution in [2.24, 2.45) is 21.3 Å². The van der Waals surface area contributed by atoms with Crippen molar-refractivity contribution in [1.29, 1.82) is 0 Å². The molecule has 16 heteroatoms. The summed E-state index contributed by atoms with van der Waals surface area (Å²) in [4.78, 5) is 51.4. The lowest BCUT2D eigenvalue weighted by Gasteiger charge is -2.44. The number of carbonyl (C=O) groups is 1. The quantitative estimate of drug-likeness (QED) is 0.119. The summed E-state index contributed by atoms with van der Waals surface area (Å²) >= 11 is 0. The van der Waals surface area contributed by atoms with Gasteiger partial charge in [-0.05, 0) is 69.7 Å². The number of benzene rings is 1. The first kappa shape index (κ1) is 40.7. The minimum atomic E-state index is -2.40. The van der Waals surface area contributed by atoms with Gasteiger partial charge in [0.25, 0.3) is 0 Å². The van der Waals surface area contributed by atoms with Gasteiger partial charge in [-0.15, -0.1) is 0 Å². The van der Waals surface area contributed by atoms with Gasteiger partial charge in [-0.25, -0.2) is 9.78 Å².